The molecule has 3 rings (SSSR count). The van der Waals surface area contributed by atoms with Crippen LogP contribution in [0.15, 0.2) is 61.3 Å². The van der Waals surface area contributed by atoms with Gasteiger partial charge < -0.3 is 10.6 Å². The van der Waals surface area contributed by atoms with E-state index in [9.17, 15) is 9.59 Å². The molecule has 0 unspecified atom stereocenters. The third-order valence-corrected chi connectivity index (χ3v) is 3.69. The maximum absolute atomic E-state index is 12.6. The van der Waals surface area contributed by atoms with Crippen molar-refractivity contribution in [3.05, 3.63) is 77.9 Å². The Morgan fingerprint density at radius 3 is 2.80 bits per heavy atom. The molecule has 0 fully saturated rings. The van der Waals surface area contributed by atoms with Crippen LogP contribution in [0.5, 0.6) is 0 Å². The van der Waals surface area contributed by atoms with Gasteiger partial charge in [-0.25, -0.2) is 4.98 Å². The molecule has 0 aliphatic heterocycles. The van der Waals surface area contributed by atoms with E-state index in [1.807, 2.05) is 0 Å². The minimum absolute atomic E-state index is 0.133. The first-order chi connectivity index (χ1) is 12.1. The SMILES string of the molecule is C=CCNC(=O)c1nc(C(=O)Nc2cccc(Cl)c2)c2ccccn12. The first-order valence-electron chi connectivity index (χ1n) is 7.53. The highest BCUT2D eigenvalue weighted by Crippen LogP contribution is 2.18. The van der Waals surface area contributed by atoms with Crippen molar-refractivity contribution in [2.75, 3.05) is 11.9 Å². The minimum Gasteiger partial charge on any atom is -0.346 e. The minimum atomic E-state index is -0.422. The van der Waals surface area contributed by atoms with Gasteiger partial charge in [-0.05, 0) is 30.3 Å². The quantitative estimate of drug-likeness (QED) is 0.691. The lowest BCUT2D eigenvalue weighted by atomic mass is 10.3. The van der Waals surface area contributed by atoms with Gasteiger partial charge >= 0.3 is 0 Å². The zero-order valence-electron chi connectivity index (χ0n) is 13.2. The van der Waals surface area contributed by atoms with Crippen LogP contribution in [0, 0.1) is 0 Å². The standard InChI is InChI=1S/C18H15ClN4O2/c1-2-9-20-18(25)16-22-15(14-8-3-4-10-23(14)16)17(24)21-13-7-5-6-12(19)11-13/h2-8,10-11H,1,9H2,(H,20,25)(H,21,24). The smallest absolute Gasteiger partial charge is 0.287 e. The van der Waals surface area contributed by atoms with Crippen LogP contribution >= 0.6 is 11.6 Å². The number of benzene rings is 1. The van der Waals surface area contributed by atoms with Gasteiger partial charge in [0.25, 0.3) is 11.8 Å². The maximum atomic E-state index is 12.6. The predicted octanol–water partition coefficient (Wildman–Crippen LogP) is 3.16. The summed E-state index contributed by atoms with van der Waals surface area (Å²) in [6.45, 7) is 3.87. The number of nitrogens with one attached hydrogen (secondary N) is 2. The van der Waals surface area contributed by atoms with Gasteiger partial charge in [0.1, 0.15) is 0 Å². The van der Waals surface area contributed by atoms with E-state index in [0.29, 0.717) is 22.8 Å². The van der Waals surface area contributed by atoms with Crippen LogP contribution in [0.4, 0.5) is 5.69 Å². The largest absolute Gasteiger partial charge is 0.346 e. The van der Waals surface area contributed by atoms with E-state index in [4.69, 9.17) is 11.6 Å². The Kier molecular flexibility index (Phi) is 4.81. The number of fused-ring (bicyclic) bond motifs is 1. The lowest BCUT2D eigenvalue weighted by Gasteiger charge is -2.03. The molecule has 1 aromatic carbocycles. The van der Waals surface area contributed by atoms with Gasteiger partial charge in [-0.1, -0.05) is 29.8 Å². The van der Waals surface area contributed by atoms with E-state index in [1.165, 1.54) is 0 Å². The molecule has 6 nitrogen and oxygen atoms in total. The van der Waals surface area contributed by atoms with E-state index < -0.39 is 5.91 Å². The normalized spacial score (nSPS) is 10.4. The Balaban J connectivity index is 1.97. The molecule has 2 aromatic heterocycles. The molecule has 2 heterocycles. The molecule has 0 aliphatic carbocycles. The number of rotatable bonds is 5. The number of hydrogen-bond acceptors (Lipinski definition) is 3. The van der Waals surface area contributed by atoms with E-state index in [1.54, 1.807) is 59.1 Å². The number of nitrogens with zero attached hydrogens (tertiary/aromatic N) is 2. The molecule has 0 aliphatic rings. The number of aromatic nitrogens is 2. The van der Waals surface area contributed by atoms with E-state index >= 15 is 0 Å². The van der Waals surface area contributed by atoms with Crippen molar-refractivity contribution in [2.45, 2.75) is 0 Å². The van der Waals surface area contributed by atoms with Gasteiger partial charge in [-0.3, -0.25) is 14.0 Å². The fraction of sp³-hybridized carbons (Fsp3) is 0.0556. The van der Waals surface area contributed by atoms with E-state index in [-0.39, 0.29) is 17.4 Å². The van der Waals surface area contributed by atoms with Crippen molar-refractivity contribution in [1.29, 1.82) is 0 Å². The number of anilines is 1. The summed E-state index contributed by atoms with van der Waals surface area (Å²) in [7, 11) is 0. The predicted molar refractivity (Wildman–Crippen MR) is 97.1 cm³/mol. The fourth-order valence-electron chi connectivity index (χ4n) is 2.37. The number of hydrogen-bond donors (Lipinski definition) is 2. The summed E-state index contributed by atoms with van der Waals surface area (Å²) in [6, 6.07) is 12.1. The van der Waals surface area contributed by atoms with Crippen LogP contribution < -0.4 is 10.6 Å². The van der Waals surface area contributed by atoms with Gasteiger partial charge in [-0.15, -0.1) is 6.58 Å². The zero-order valence-corrected chi connectivity index (χ0v) is 14.0. The average molecular weight is 355 g/mol. The number of amides is 2. The highest BCUT2D eigenvalue weighted by Gasteiger charge is 2.21. The molecule has 0 atom stereocenters. The van der Waals surface area contributed by atoms with Crippen molar-refractivity contribution in [1.82, 2.24) is 14.7 Å². The van der Waals surface area contributed by atoms with E-state index in [0.717, 1.165) is 0 Å². The number of carbonyl (C=O) groups excluding carboxylic acids is 2. The molecule has 2 N–H and O–H groups in total. The Labute approximate surface area is 149 Å². The summed E-state index contributed by atoms with van der Waals surface area (Å²) in [5.41, 5.74) is 1.24. The summed E-state index contributed by atoms with van der Waals surface area (Å²) in [5.74, 6) is -0.676. The van der Waals surface area contributed by atoms with Crippen LogP contribution in [-0.4, -0.2) is 27.7 Å². The highest BCUT2D eigenvalue weighted by molar-refractivity contribution is 6.31. The third-order valence-electron chi connectivity index (χ3n) is 3.46. The lowest BCUT2D eigenvalue weighted by Crippen LogP contribution is -2.25. The first-order valence-corrected chi connectivity index (χ1v) is 7.91. The van der Waals surface area contributed by atoms with Crippen LogP contribution in [-0.2, 0) is 0 Å². The number of imidazole rings is 1. The average Bonchev–Trinajstić information content (AvgIpc) is 2.99. The summed E-state index contributed by atoms with van der Waals surface area (Å²) in [5, 5.41) is 5.91. The molecule has 0 saturated carbocycles. The second-order valence-electron chi connectivity index (χ2n) is 5.20. The van der Waals surface area contributed by atoms with Crippen molar-refractivity contribution >= 4 is 34.6 Å². The number of halogens is 1. The van der Waals surface area contributed by atoms with Crippen LogP contribution in [0.3, 0.4) is 0 Å². The molecule has 0 bridgehead atoms. The zero-order chi connectivity index (χ0) is 17.8. The van der Waals surface area contributed by atoms with Crippen molar-refractivity contribution in [2.24, 2.45) is 0 Å². The molecular formula is C18H15ClN4O2. The third kappa shape index (κ3) is 3.54. The van der Waals surface area contributed by atoms with Crippen LogP contribution in [0.1, 0.15) is 21.1 Å². The topological polar surface area (TPSA) is 75.5 Å². The lowest BCUT2D eigenvalue weighted by molar-refractivity contribution is 0.0947. The molecule has 3 aromatic rings. The maximum Gasteiger partial charge on any atom is 0.287 e. The second-order valence-corrected chi connectivity index (χ2v) is 5.64. The van der Waals surface area contributed by atoms with Crippen molar-refractivity contribution in [3.8, 4) is 0 Å². The first kappa shape index (κ1) is 16.7. The Hall–Kier alpha value is -3.12. The summed E-state index contributed by atoms with van der Waals surface area (Å²) in [4.78, 5) is 29.1. The summed E-state index contributed by atoms with van der Waals surface area (Å²) in [6.07, 6.45) is 3.25. The second kappa shape index (κ2) is 7.19. The summed E-state index contributed by atoms with van der Waals surface area (Å²) >= 11 is 5.93. The Morgan fingerprint density at radius 1 is 1.20 bits per heavy atom. The van der Waals surface area contributed by atoms with Gasteiger partial charge in [-0.2, -0.15) is 0 Å². The number of pyridine rings is 1. The van der Waals surface area contributed by atoms with Gasteiger partial charge in [0.05, 0.1) is 5.52 Å². The molecule has 7 heteroatoms. The molecular weight excluding hydrogens is 340 g/mol. The molecule has 0 radical (unpaired) electrons. The Bertz CT molecular complexity index is 965. The van der Waals surface area contributed by atoms with Gasteiger partial charge in [0.2, 0.25) is 5.82 Å². The van der Waals surface area contributed by atoms with Gasteiger partial charge in [0, 0.05) is 23.5 Å². The molecule has 2 amide bonds. The van der Waals surface area contributed by atoms with E-state index in [2.05, 4.69) is 22.2 Å². The van der Waals surface area contributed by atoms with Crippen LogP contribution in [0.2, 0.25) is 5.02 Å². The fourth-order valence-corrected chi connectivity index (χ4v) is 2.56. The number of carbonyl (C=O) groups is 2. The van der Waals surface area contributed by atoms with Gasteiger partial charge in [0.15, 0.2) is 5.69 Å². The summed E-state index contributed by atoms with van der Waals surface area (Å²) < 4.78 is 1.57. The molecule has 25 heavy (non-hydrogen) atoms. The molecule has 0 spiro atoms. The Morgan fingerprint density at radius 2 is 2.04 bits per heavy atom. The van der Waals surface area contributed by atoms with Crippen LogP contribution in [0.25, 0.3) is 5.52 Å². The van der Waals surface area contributed by atoms with Crippen molar-refractivity contribution < 1.29 is 9.59 Å². The molecule has 126 valence electrons. The monoisotopic (exact) mass is 354 g/mol. The van der Waals surface area contributed by atoms with Crippen molar-refractivity contribution in [3.63, 3.8) is 0 Å². The molecule has 0 saturated heterocycles. The highest BCUT2D eigenvalue weighted by atomic mass is 35.5.